The molecule has 0 heterocycles. The molecule has 0 fully saturated rings. The molecule has 9 nitrogen and oxygen atoms in total. The number of benzene rings is 1. The van der Waals surface area contributed by atoms with Crippen molar-refractivity contribution in [3.05, 3.63) is 69.7 Å². The van der Waals surface area contributed by atoms with Crippen molar-refractivity contribution in [2.75, 3.05) is 14.1 Å². The number of phenols is 1. The van der Waals surface area contributed by atoms with Crippen molar-refractivity contribution in [1.29, 1.82) is 0 Å². The quantitative estimate of drug-likeness (QED) is 0.342. The van der Waals surface area contributed by atoms with E-state index in [1.807, 2.05) is 13.0 Å². The number of likely N-dealkylation sites (N-methyl/N-ethyl adjacent to an activating group) is 1. The number of amides is 1. The molecule has 4 rings (SSSR count). The molecule has 0 radical (unpaired) electrons. The van der Waals surface area contributed by atoms with Gasteiger partial charge in [-0.1, -0.05) is 33.4 Å². The van der Waals surface area contributed by atoms with Crippen LogP contribution in [0.5, 0.6) is 5.75 Å². The van der Waals surface area contributed by atoms with Gasteiger partial charge in [0.05, 0.1) is 23.3 Å². The number of nitrogens with two attached hydrogens (primary N) is 1. The van der Waals surface area contributed by atoms with E-state index < -0.39 is 69.9 Å². The molecule has 7 N–H and O–H groups in total. The molecule has 204 valence electrons. The second-order valence-corrected chi connectivity index (χ2v) is 11.0. The Labute approximate surface area is 221 Å². The summed E-state index contributed by atoms with van der Waals surface area (Å²) in [6.07, 6.45) is -0.102. The number of fused-ring (bicyclic) bond motifs is 3. The number of aromatic hydroxyl groups is 1. The second-order valence-electron chi connectivity index (χ2n) is 11.0. The van der Waals surface area contributed by atoms with Crippen molar-refractivity contribution >= 4 is 17.3 Å². The van der Waals surface area contributed by atoms with Gasteiger partial charge in [0.15, 0.2) is 11.4 Å². The maximum Gasteiger partial charge on any atom is 0.252 e. The number of Topliss-reactive ketones (excluding diaryl/α,β-unsaturated/α-hetero) is 1. The Morgan fingerprint density at radius 3 is 2.34 bits per heavy atom. The van der Waals surface area contributed by atoms with Crippen molar-refractivity contribution < 1.29 is 35.1 Å². The van der Waals surface area contributed by atoms with Crippen LogP contribution in [-0.2, 0) is 11.2 Å². The summed E-state index contributed by atoms with van der Waals surface area (Å²) in [5, 5.41) is 57.8. The van der Waals surface area contributed by atoms with Crippen LogP contribution in [0.4, 0.5) is 0 Å². The average molecular weight is 525 g/mol. The minimum atomic E-state index is -2.49. The molecule has 0 aliphatic heterocycles. The SMILES string of the molecule is C=C(C)c1cc(CCC)c2c(c1O)C(=O)C1=C(O)[C@]3(O)C(=C)C(C(N)=O)=C(O)[C@@H](N(C)C)[C@@H]3[C@@H](O)[C@@H]1[C@H]2C. The van der Waals surface area contributed by atoms with Crippen LogP contribution < -0.4 is 5.73 Å². The van der Waals surface area contributed by atoms with E-state index in [1.165, 1.54) is 4.90 Å². The summed E-state index contributed by atoms with van der Waals surface area (Å²) in [5.74, 6) is -6.20. The zero-order valence-corrected chi connectivity index (χ0v) is 22.4. The van der Waals surface area contributed by atoms with Gasteiger partial charge >= 0.3 is 0 Å². The third-order valence-corrected chi connectivity index (χ3v) is 8.48. The number of phenolic OH excluding ortho intramolecular Hbond substituents is 1. The predicted octanol–water partition coefficient (Wildman–Crippen LogP) is 2.63. The molecule has 38 heavy (non-hydrogen) atoms. The van der Waals surface area contributed by atoms with Crippen molar-refractivity contribution in [1.82, 2.24) is 4.90 Å². The number of aryl methyl sites for hydroxylation is 1. The number of hydrogen-bond donors (Lipinski definition) is 6. The largest absolute Gasteiger partial charge is 0.510 e. The molecule has 1 amide bonds. The Balaban J connectivity index is 2.09. The maximum atomic E-state index is 14.1. The lowest BCUT2D eigenvalue weighted by atomic mass is 9.54. The highest BCUT2D eigenvalue weighted by atomic mass is 16.3. The van der Waals surface area contributed by atoms with Gasteiger partial charge in [0.25, 0.3) is 5.91 Å². The van der Waals surface area contributed by atoms with Gasteiger partial charge in [0.1, 0.15) is 17.3 Å². The fourth-order valence-corrected chi connectivity index (χ4v) is 6.84. The molecule has 3 aliphatic carbocycles. The first kappa shape index (κ1) is 27.6. The average Bonchev–Trinajstić information content (AvgIpc) is 2.81. The number of carbonyl (C=O) groups excluding carboxylic acids is 2. The second kappa shape index (κ2) is 9.11. The molecule has 0 spiro atoms. The van der Waals surface area contributed by atoms with Gasteiger partial charge in [0.2, 0.25) is 0 Å². The van der Waals surface area contributed by atoms with Crippen molar-refractivity contribution in [2.45, 2.75) is 57.3 Å². The van der Waals surface area contributed by atoms with Crippen molar-refractivity contribution in [2.24, 2.45) is 17.6 Å². The highest BCUT2D eigenvalue weighted by Gasteiger charge is 2.65. The number of hydrogen-bond acceptors (Lipinski definition) is 8. The number of nitrogens with zero attached hydrogens (tertiary/aromatic N) is 1. The lowest BCUT2D eigenvalue weighted by Crippen LogP contribution is -2.65. The van der Waals surface area contributed by atoms with Gasteiger partial charge < -0.3 is 31.3 Å². The van der Waals surface area contributed by atoms with E-state index in [2.05, 4.69) is 13.2 Å². The van der Waals surface area contributed by atoms with E-state index in [0.29, 0.717) is 23.1 Å². The van der Waals surface area contributed by atoms with E-state index in [-0.39, 0.29) is 16.9 Å². The fraction of sp³-hybridized carbons (Fsp3) is 0.448. The minimum Gasteiger partial charge on any atom is -0.510 e. The lowest BCUT2D eigenvalue weighted by molar-refractivity contribution is -0.121. The zero-order chi connectivity index (χ0) is 28.6. The van der Waals surface area contributed by atoms with E-state index in [9.17, 15) is 35.1 Å². The van der Waals surface area contributed by atoms with Gasteiger partial charge in [-0.15, -0.1) is 0 Å². The smallest absolute Gasteiger partial charge is 0.252 e. The number of ketones is 1. The van der Waals surface area contributed by atoms with Crippen LogP contribution in [0.15, 0.2) is 47.5 Å². The Kier molecular flexibility index (Phi) is 6.63. The van der Waals surface area contributed by atoms with Gasteiger partial charge in [-0.05, 0) is 56.1 Å². The normalized spacial score (nSPS) is 30.8. The van der Waals surface area contributed by atoms with E-state index in [1.54, 1.807) is 27.9 Å². The number of allylic oxidation sites excluding steroid dienone is 1. The highest BCUT2D eigenvalue weighted by Crippen LogP contribution is 2.58. The van der Waals surface area contributed by atoms with Gasteiger partial charge in [0, 0.05) is 28.5 Å². The third-order valence-electron chi connectivity index (χ3n) is 8.48. The molecule has 6 atom stereocenters. The number of aliphatic hydroxyl groups excluding tert-OH is 3. The first-order valence-electron chi connectivity index (χ1n) is 12.7. The van der Waals surface area contributed by atoms with E-state index >= 15 is 0 Å². The van der Waals surface area contributed by atoms with Crippen LogP contribution in [0.3, 0.4) is 0 Å². The molecular weight excluding hydrogens is 488 g/mol. The van der Waals surface area contributed by atoms with Gasteiger partial charge in [-0.25, -0.2) is 0 Å². The number of rotatable bonds is 5. The summed E-state index contributed by atoms with van der Waals surface area (Å²) >= 11 is 0. The van der Waals surface area contributed by atoms with E-state index in [0.717, 1.165) is 12.0 Å². The van der Waals surface area contributed by atoms with Gasteiger partial charge in [-0.2, -0.15) is 0 Å². The van der Waals surface area contributed by atoms with Crippen LogP contribution in [0.1, 0.15) is 60.2 Å². The standard InChI is InChI=1S/C29H36N2O7/c1-8-9-14-10-15(11(2)3)23(32)19-16(14)12(4)17-20(24(19)33)27(36)29(38)13(5)18(28(30)37)26(35)22(31(6)7)21(29)25(17)34/h10,12,17,21-22,25,32,34-36,38H,2,5,8-9H2,1,3-4,6-7H3,(H2,30,37)/t12-,17+,21+,22-,25-,29-/m0/s1. The predicted molar refractivity (Wildman–Crippen MR) is 143 cm³/mol. The molecule has 0 bridgehead atoms. The monoisotopic (exact) mass is 524 g/mol. The number of carbonyl (C=O) groups is 2. The van der Waals surface area contributed by atoms with Crippen LogP contribution in [0, 0.1) is 11.8 Å². The molecule has 1 aromatic carbocycles. The molecule has 9 heteroatoms. The van der Waals surface area contributed by atoms with Crippen molar-refractivity contribution in [3.63, 3.8) is 0 Å². The topological polar surface area (TPSA) is 165 Å². The molecule has 0 aromatic heterocycles. The van der Waals surface area contributed by atoms with Crippen molar-refractivity contribution in [3.8, 4) is 5.75 Å². The lowest BCUT2D eigenvalue weighted by Gasteiger charge is -2.55. The van der Waals surface area contributed by atoms with Crippen LogP contribution >= 0.6 is 0 Å². The first-order valence-corrected chi connectivity index (χ1v) is 12.7. The summed E-state index contributed by atoms with van der Waals surface area (Å²) < 4.78 is 0. The summed E-state index contributed by atoms with van der Waals surface area (Å²) in [4.78, 5) is 27.9. The Morgan fingerprint density at radius 1 is 1.24 bits per heavy atom. The molecule has 3 aliphatic rings. The minimum absolute atomic E-state index is 0.00686. The summed E-state index contributed by atoms with van der Waals surface area (Å²) in [6.45, 7) is 13.2. The number of aliphatic hydroxyl groups is 4. The van der Waals surface area contributed by atoms with Crippen LogP contribution in [0.2, 0.25) is 0 Å². The Bertz CT molecular complexity index is 1350. The first-order chi connectivity index (χ1) is 17.6. The van der Waals surface area contributed by atoms with Crippen LogP contribution in [-0.4, -0.2) is 74.0 Å². The Morgan fingerprint density at radius 2 is 1.84 bits per heavy atom. The molecule has 0 unspecified atom stereocenters. The van der Waals surface area contributed by atoms with Gasteiger partial charge in [-0.3, -0.25) is 14.5 Å². The molecular formula is C29H36N2O7. The van der Waals surface area contributed by atoms with Crippen LogP contribution in [0.25, 0.3) is 5.57 Å². The summed E-state index contributed by atoms with van der Waals surface area (Å²) in [6, 6.07) is 0.674. The third kappa shape index (κ3) is 3.42. The number of primary amides is 1. The van der Waals surface area contributed by atoms with E-state index in [4.69, 9.17) is 5.73 Å². The summed E-state index contributed by atoms with van der Waals surface area (Å²) in [5.41, 5.74) is 4.20. The molecule has 0 saturated carbocycles. The maximum absolute atomic E-state index is 14.1. The molecule has 0 saturated heterocycles. The fourth-order valence-electron chi connectivity index (χ4n) is 6.84. The highest BCUT2D eigenvalue weighted by molar-refractivity contribution is 6.15. The summed E-state index contributed by atoms with van der Waals surface area (Å²) in [7, 11) is 3.16. The Hall–Kier alpha value is -3.40. The zero-order valence-electron chi connectivity index (χ0n) is 22.4. The molecule has 1 aromatic rings.